The van der Waals surface area contributed by atoms with Crippen molar-refractivity contribution in [2.75, 3.05) is 20.3 Å². The number of thiol groups is 1. The summed E-state index contributed by atoms with van der Waals surface area (Å²) in [5, 5.41) is 13.0. The molecule has 0 bridgehead atoms. The molecule has 0 aromatic rings. The van der Waals surface area contributed by atoms with Crippen molar-refractivity contribution in [3.63, 3.8) is 0 Å². The van der Waals surface area contributed by atoms with Crippen molar-refractivity contribution in [1.29, 1.82) is 0 Å². The molecule has 1 aliphatic rings. The van der Waals surface area contributed by atoms with Gasteiger partial charge in [-0.1, -0.05) is 13.8 Å². The van der Waals surface area contributed by atoms with E-state index in [-0.39, 0.29) is 30.5 Å². The molecule has 0 radical (unpaired) electrons. The quantitative estimate of drug-likeness (QED) is 0.380. The number of ketones is 1. The Hall–Kier alpha value is -1.09. The van der Waals surface area contributed by atoms with E-state index in [1.807, 2.05) is 27.7 Å². The van der Waals surface area contributed by atoms with E-state index in [1.165, 1.54) is 7.11 Å². The summed E-state index contributed by atoms with van der Waals surface area (Å²) < 4.78 is 9.80. The Morgan fingerprint density at radius 3 is 2.52 bits per heavy atom. The fraction of sp³-hybridized carbons (Fsp3) is 0.733. The molecule has 132 valence electrons. The van der Waals surface area contributed by atoms with Gasteiger partial charge in [0.1, 0.15) is 11.8 Å². The lowest BCUT2D eigenvalue weighted by molar-refractivity contribution is -0.120. The highest BCUT2D eigenvalue weighted by Crippen LogP contribution is 2.31. The molecule has 0 aromatic heterocycles. The van der Waals surface area contributed by atoms with Crippen LogP contribution >= 0.6 is 12.9 Å². The lowest BCUT2D eigenvalue weighted by atomic mass is 9.75. The zero-order chi connectivity index (χ0) is 17.8. The van der Waals surface area contributed by atoms with Crippen LogP contribution in [-0.4, -0.2) is 49.1 Å². The lowest BCUT2D eigenvalue weighted by Gasteiger charge is -2.33. The van der Waals surface area contributed by atoms with Crippen molar-refractivity contribution >= 4 is 24.4 Å². The van der Waals surface area contributed by atoms with Crippen molar-refractivity contribution in [3.8, 4) is 0 Å². The number of aliphatic hydroxyl groups is 1. The number of carbonyl (C=O) groups excluding carboxylic acids is 1. The van der Waals surface area contributed by atoms with E-state index >= 15 is 0 Å². The molecule has 0 spiro atoms. The van der Waals surface area contributed by atoms with Gasteiger partial charge in [-0.15, -0.1) is 0 Å². The summed E-state index contributed by atoms with van der Waals surface area (Å²) in [5.41, 5.74) is 6.03. The first-order chi connectivity index (χ1) is 10.7. The average molecular weight is 345 g/mol. The number of Topliss-reactive ketones (excluding diaryl/α,β-unsaturated/α-hetero) is 1. The van der Waals surface area contributed by atoms with E-state index in [9.17, 15) is 9.90 Å². The maximum Gasteiger partial charge on any atom is 0.193 e. The van der Waals surface area contributed by atoms with Gasteiger partial charge in [-0.3, -0.25) is 4.79 Å². The van der Waals surface area contributed by atoms with Gasteiger partial charge >= 0.3 is 0 Å². The predicted molar refractivity (Wildman–Crippen MR) is 92.0 cm³/mol. The smallest absolute Gasteiger partial charge is 0.193 e. The highest BCUT2D eigenvalue weighted by molar-refractivity contribution is 7.75. The van der Waals surface area contributed by atoms with Crippen molar-refractivity contribution in [2.24, 2.45) is 22.1 Å². The Kier molecular flexibility index (Phi) is 7.06. The van der Waals surface area contributed by atoms with Crippen LogP contribution in [0, 0.1) is 11.3 Å². The van der Waals surface area contributed by atoms with E-state index < -0.39 is 17.6 Å². The fourth-order valence-electron chi connectivity index (χ4n) is 2.61. The average Bonchev–Trinajstić information content (AvgIpc) is 2.49. The number of carbonyl (C=O) groups is 1. The number of ether oxygens (including phenoxy) is 1. The Labute approximate surface area is 142 Å². The van der Waals surface area contributed by atoms with Crippen molar-refractivity contribution < 1.29 is 18.8 Å². The van der Waals surface area contributed by atoms with E-state index in [2.05, 4.69) is 27.4 Å². The molecular weight excluding hydrogens is 318 g/mol. The highest BCUT2D eigenvalue weighted by Gasteiger charge is 2.40. The second-order valence-electron chi connectivity index (χ2n) is 6.39. The number of aliphatic hydroxyl groups excluding tert-OH is 1. The van der Waals surface area contributed by atoms with Crippen LogP contribution in [0.25, 0.3) is 0 Å². The number of nitrogens with two attached hydrogens (primary N) is 1. The number of rotatable bonds is 8. The third-order valence-corrected chi connectivity index (χ3v) is 4.09. The van der Waals surface area contributed by atoms with Crippen LogP contribution < -0.4 is 11.1 Å². The number of nitrogens with zero attached hydrogens (tertiary/aromatic N) is 1. The maximum absolute atomic E-state index is 12.5. The summed E-state index contributed by atoms with van der Waals surface area (Å²) in [6, 6.07) is 0. The predicted octanol–water partition coefficient (Wildman–Crippen LogP) is 0.647. The first-order valence-electron chi connectivity index (χ1n) is 7.51. The van der Waals surface area contributed by atoms with Crippen molar-refractivity contribution in [2.45, 2.75) is 39.9 Å². The largest absolute Gasteiger partial charge is 0.393 e. The molecule has 2 atom stereocenters. The Bertz CT molecular complexity index is 503. The summed E-state index contributed by atoms with van der Waals surface area (Å²) in [7, 11) is 1.47. The highest BCUT2D eigenvalue weighted by atomic mass is 32.1. The molecule has 1 aliphatic heterocycles. The van der Waals surface area contributed by atoms with Gasteiger partial charge in [-0.05, 0) is 32.7 Å². The van der Waals surface area contributed by atoms with E-state index in [0.717, 1.165) is 5.71 Å². The van der Waals surface area contributed by atoms with Crippen LogP contribution in [0.5, 0.6) is 0 Å². The summed E-state index contributed by atoms with van der Waals surface area (Å²) in [4.78, 5) is 17.0. The monoisotopic (exact) mass is 345 g/mol. The molecule has 7 nitrogen and oxygen atoms in total. The van der Waals surface area contributed by atoms with Gasteiger partial charge < -0.3 is 25.1 Å². The van der Waals surface area contributed by atoms with Gasteiger partial charge in [0, 0.05) is 19.4 Å². The minimum Gasteiger partial charge on any atom is -0.393 e. The number of nitrogens with one attached hydrogen (secondary N) is 1. The zero-order valence-corrected chi connectivity index (χ0v) is 15.2. The van der Waals surface area contributed by atoms with Gasteiger partial charge in [0.25, 0.3) is 0 Å². The van der Waals surface area contributed by atoms with E-state index in [0.29, 0.717) is 5.82 Å². The molecule has 0 saturated heterocycles. The van der Waals surface area contributed by atoms with Gasteiger partial charge in [0.2, 0.25) is 0 Å². The molecule has 0 aliphatic carbocycles. The van der Waals surface area contributed by atoms with Gasteiger partial charge in [0.15, 0.2) is 11.6 Å². The Morgan fingerprint density at radius 2 is 2.04 bits per heavy atom. The molecule has 0 amide bonds. The molecule has 23 heavy (non-hydrogen) atoms. The van der Waals surface area contributed by atoms with Crippen LogP contribution in [0.2, 0.25) is 0 Å². The minimum absolute atomic E-state index is 0.0750. The van der Waals surface area contributed by atoms with Crippen LogP contribution in [0.15, 0.2) is 16.5 Å². The second kappa shape index (κ2) is 8.14. The lowest BCUT2D eigenvalue weighted by Crippen LogP contribution is -2.46. The second-order valence-corrected chi connectivity index (χ2v) is 6.64. The third-order valence-electron chi connectivity index (χ3n) is 3.94. The molecule has 1 heterocycles. The summed E-state index contributed by atoms with van der Waals surface area (Å²) >= 11 is 3.65. The number of aliphatic imine (C=N–C) groups is 1. The molecule has 0 fully saturated rings. The fourth-order valence-corrected chi connectivity index (χ4v) is 2.76. The van der Waals surface area contributed by atoms with Gasteiger partial charge in [-0.25, -0.2) is 4.99 Å². The third kappa shape index (κ3) is 4.47. The molecule has 4 N–H and O–H groups in total. The molecule has 0 unspecified atom stereocenters. The number of hydrogen-bond donors (Lipinski definition) is 4. The number of methoxy groups -OCH3 is 1. The first kappa shape index (κ1) is 20.0. The van der Waals surface area contributed by atoms with Crippen LogP contribution in [0.3, 0.4) is 0 Å². The van der Waals surface area contributed by atoms with E-state index in [4.69, 9.17) is 10.5 Å². The van der Waals surface area contributed by atoms with Gasteiger partial charge in [-0.2, -0.15) is 0 Å². The summed E-state index contributed by atoms with van der Waals surface area (Å²) in [5.74, 6) is 0.224. The summed E-state index contributed by atoms with van der Waals surface area (Å²) in [6.45, 7) is 7.84. The number of allylic oxidation sites excluding steroid dienone is 1. The Balaban J connectivity index is 2.91. The normalized spacial score (nSPS) is 20.5. The maximum atomic E-state index is 12.5. The molecule has 8 heteroatoms. The molecule has 0 aromatic carbocycles. The SMILES string of the molecule is CO[C@H](COS)[C@H](O)CNC1=C(N)C(=O)C(C)(C)C(C(C)C)=N1. The number of hydrogen-bond acceptors (Lipinski definition) is 8. The zero-order valence-electron chi connectivity index (χ0n) is 14.3. The van der Waals surface area contributed by atoms with Crippen LogP contribution in [0.1, 0.15) is 27.7 Å². The van der Waals surface area contributed by atoms with Crippen molar-refractivity contribution in [1.82, 2.24) is 5.32 Å². The van der Waals surface area contributed by atoms with Crippen LogP contribution in [0.4, 0.5) is 0 Å². The molecular formula is C15H27N3O4S. The Morgan fingerprint density at radius 1 is 1.43 bits per heavy atom. The topological polar surface area (TPSA) is 106 Å². The first-order valence-corrected chi connectivity index (χ1v) is 7.88. The minimum atomic E-state index is -0.866. The van der Waals surface area contributed by atoms with Crippen molar-refractivity contribution in [3.05, 3.63) is 11.5 Å². The molecule has 1 rings (SSSR count). The molecule has 0 saturated carbocycles. The van der Waals surface area contributed by atoms with Crippen LogP contribution in [-0.2, 0) is 13.7 Å². The van der Waals surface area contributed by atoms with Gasteiger partial charge in [0.05, 0.1) is 18.1 Å². The summed E-state index contributed by atoms with van der Waals surface area (Å²) in [6.07, 6.45) is -1.42. The standard InChI is InChI=1S/C15H27N3O4S/c1-8(2)12-15(3,4)13(20)11(16)14(18-12)17-6-9(19)10(21-5)7-22-23/h8-10,17,19,23H,6-7,16H2,1-5H3/t9-,10-/m1/s1. The van der Waals surface area contributed by atoms with E-state index in [1.54, 1.807) is 0 Å².